The number of aryl methyl sites for hydroxylation is 1. The molecule has 1 saturated heterocycles. The molecule has 2 aromatic carbocycles. The van der Waals surface area contributed by atoms with Crippen LogP contribution in [0.4, 0.5) is 0 Å². The number of ether oxygens (including phenoxy) is 2. The van der Waals surface area contributed by atoms with Crippen LogP contribution in [0.5, 0.6) is 0 Å². The smallest absolute Gasteiger partial charge is 0.197 e. The zero-order valence-corrected chi connectivity index (χ0v) is 16.6. The molecule has 0 bridgehead atoms. The molecule has 3 unspecified atom stereocenters. The number of methoxy groups -OCH3 is 1. The number of hydrogen-bond acceptors (Lipinski definition) is 4. The van der Waals surface area contributed by atoms with Gasteiger partial charge in [0, 0.05) is 30.5 Å². The molecule has 27 heavy (non-hydrogen) atoms. The molecule has 5 heteroatoms. The summed E-state index contributed by atoms with van der Waals surface area (Å²) in [4.78, 5) is 0. The Balaban J connectivity index is 1.90. The fourth-order valence-corrected chi connectivity index (χ4v) is 3.85. The number of aliphatic hydroxyl groups excluding tert-OH is 2. The van der Waals surface area contributed by atoms with Gasteiger partial charge in [-0.1, -0.05) is 48.9 Å². The quantitative estimate of drug-likeness (QED) is 0.787. The standard InChI is InChI=1S/C22H27ClO4/c1-3-15-4-6-16(7-5-15)10-17-11-18(8-9-21(17)23)22(26-2)13-19(25)12-20(14-24)27-22/h4-9,11,19-20,24-25H,3,10,12-14H2,1-2H3. The highest BCUT2D eigenvalue weighted by Gasteiger charge is 2.43. The van der Waals surface area contributed by atoms with Crippen LogP contribution in [0.1, 0.15) is 42.0 Å². The lowest BCUT2D eigenvalue weighted by Crippen LogP contribution is -2.46. The van der Waals surface area contributed by atoms with E-state index in [9.17, 15) is 10.2 Å². The van der Waals surface area contributed by atoms with E-state index in [0.717, 1.165) is 17.5 Å². The summed E-state index contributed by atoms with van der Waals surface area (Å²) in [6.45, 7) is 1.98. The van der Waals surface area contributed by atoms with Crippen LogP contribution in [0.25, 0.3) is 0 Å². The van der Waals surface area contributed by atoms with E-state index < -0.39 is 18.0 Å². The molecule has 146 valence electrons. The first-order valence-electron chi connectivity index (χ1n) is 9.38. The molecule has 1 aliphatic rings. The fourth-order valence-electron chi connectivity index (χ4n) is 3.67. The third kappa shape index (κ3) is 4.53. The van der Waals surface area contributed by atoms with E-state index in [1.54, 1.807) is 7.11 Å². The van der Waals surface area contributed by atoms with Gasteiger partial charge in [-0.3, -0.25) is 0 Å². The molecule has 1 heterocycles. The van der Waals surface area contributed by atoms with E-state index in [2.05, 4.69) is 31.2 Å². The van der Waals surface area contributed by atoms with Crippen molar-refractivity contribution < 1.29 is 19.7 Å². The third-order valence-electron chi connectivity index (χ3n) is 5.24. The predicted octanol–water partition coefficient (Wildman–Crippen LogP) is 3.82. The lowest BCUT2D eigenvalue weighted by Gasteiger charge is -2.42. The number of hydrogen-bond donors (Lipinski definition) is 2. The minimum atomic E-state index is -1.09. The predicted molar refractivity (Wildman–Crippen MR) is 106 cm³/mol. The Hall–Kier alpha value is -1.43. The topological polar surface area (TPSA) is 58.9 Å². The molecule has 1 fully saturated rings. The van der Waals surface area contributed by atoms with Crippen LogP contribution in [0, 0.1) is 0 Å². The molecule has 2 aromatic rings. The van der Waals surface area contributed by atoms with Crippen LogP contribution in [0.3, 0.4) is 0 Å². The second-order valence-electron chi connectivity index (χ2n) is 7.13. The molecule has 0 amide bonds. The number of benzene rings is 2. The number of rotatable bonds is 6. The largest absolute Gasteiger partial charge is 0.394 e. The zero-order valence-electron chi connectivity index (χ0n) is 15.8. The van der Waals surface area contributed by atoms with Gasteiger partial charge in [0.15, 0.2) is 5.79 Å². The Labute approximate surface area is 165 Å². The SMILES string of the molecule is CCc1ccc(Cc2cc(C3(OC)CC(O)CC(CO)O3)ccc2Cl)cc1. The Morgan fingerprint density at radius 2 is 1.89 bits per heavy atom. The van der Waals surface area contributed by atoms with E-state index in [1.807, 2.05) is 18.2 Å². The van der Waals surface area contributed by atoms with Crippen LogP contribution < -0.4 is 0 Å². The summed E-state index contributed by atoms with van der Waals surface area (Å²) in [5.74, 6) is -1.09. The lowest BCUT2D eigenvalue weighted by atomic mass is 9.91. The number of halogens is 1. The summed E-state index contributed by atoms with van der Waals surface area (Å²) in [5, 5.41) is 20.4. The van der Waals surface area contributed by atoms with Gasteiger partial charge in [0.1, 0.15) is 0 Å². The Bertz CT molecular complexity index is 761. The molecule has 1 aliphatic heterocycles. The van der Waals surface area contributed by atoms with Crippen LogP contribution in [-0.2, 0) is 28.1 Å². The molecule has 3 rings (SSSR count). The van der Waals surface area contributed by atoms with Crippen molar-refractivity contribution in [1.29, 1.82) is 0 Å². The summed E-state index contributed by atoms with van der Waals surface area (Å²) in [6.07, 6.45) is 1.35. The van der Waals surface area contributed by atoms with Gasteiger partial charge < -0.3 is 19.7 Å². The average molecular weight is 391 g/mol. The second-order valence-corrected chi connectivity index (χ2v) is 7.53. The Morgan fingerprint density at radius 3 is 2.52 bits per heavy atom. The monoisotopic (exact) mass is 390 g/mol. The van der Waals surface area contributed by atoms with Gasteiger partial charge in [-0.05, 0) is 41.7 Å². The van der Waals surface area contributed by atoms with Crippen molar-refractivity contribution in [2.75, 3.05) is 13.7 Å². The van der Waals surface area contributed by atoms with E-state index in [-0.39, 0.29) is 6.61 Å². The van der Waals surface area contributed by atoms with Crippen molar-refractivity contribution in [3.05, 3.63) is 69.7 Å². The maximum absolute atomic E-state index is 10.3. The average Bonchev–Trinajstić information content (AvgIpc) is 2.69. The molecule has 4 nitrogen and oxygen atoms in total. The van der Waals surface area contributed by atoms with E-state index in [4.69, 9.17) is 21.1 Å². The van der Waals surface area contributed by atoms with Crippen molar-refractivity contribution in [2.45, 2.75) is 50.6 Å². The van der Waals surface area contributed by atoms with Gasteiger partial charge in [0.05, 0.1) is 18.8 Å². The maximum atomic E-state index is 10.3. The lowest BCUT2D eigenvalue weighted by molar-refractivity contribution is -0.298. The molecule has 3 atom stereocenters. The Morgan fingerprint density at radius 1 is 1.19 bits per heavy atom. The molecule has 0 aromatic heterocycles. The molecular weight excluding hydrogens is 364 g/mol. The highest BCUT2D eigenvalue weighted by molar-refractivity contribution is 6.31. The van der Waals surface area contributed by atoms with Crippen molar-refractivity contribution in [3.8, 4) is 0 Å². The number of aliphatic hydroxyl groups is 2. The summed E-state index contributed by atoms with van der Waals surface area (Å²) in [7, 11) is 1.56. The van der Waals surface area contributed by atoms with E-state index in [1.165, 1.54) is 11.1 Å². The summed E-state index contributed by atoms with van der Waals surface area (Å²) in [5.41, 5.74) is 4.25. The van der Waals surface area contributed by atoms with E-state index >= 15 is 0 Å². The molecular formula is C22H27ClO4. The molecule has 0 saturated carbocycles. The Kier molecular flexibility index (Phi) is 6.56. The first kappa shape index (κ1) is 20.3. The van der Waals surface area contributed by atoms with Crippen LogP contribution in [-0.4, -0.2) is 36.1 Å². The second kappa shape index (κ2) is 8.72. The minimum Gasteiger partial charge on any atom is -0.394 e. The van der Waals surface area contributed by atoms with Crippen LogP contribution >= 0.6 is 11.6 Å². The summed E-state index contributed by atoms with van der Waals surface area (Å²) < 4.78 is 11.7. The summed E-state index contributed by atoms with van der Waals surface area (Å²) >= 11 is 6.45. The fraction of sp³-hybridized carbons (Fsp3) is 0.455. The van der Waals surface area contributed by atoms with Crippen molar-refractivity contribution in [1.82, 2.24) is 0 Å². The van der Waals surface area contributed by atoms with Crippen LogP contribution in [0.15, 0.2) is 42.5 Å². The molecule has 0 radical (unpaired) electrons. The van der Waals surface area contributed by atoms with Crippen LogP contribution in [0.2, 0.25) is 5.02 Å². The molecule has 0 aliphatic carbocycles. The third-order valence-corrected chi connectivity index (χ3v) is 5.61. The maximum Gasteiger partial charge on any atom is 0.197 e. The van der Waals surface area contributed by atoms with E-state index in [0.29, 0.717) is 24.3 Å². The normalized spacial score (nSPS) is 25.5. The first-order valence-corrected chi connectivity index (χ1v) is 9.76. The van der Waals surface area contributed by atoms with Crippen molar-refractivity contribution >= 4 is 11.6 Å². The molecule has 2 N–H and O–H groups in total. The van der Waals surface area contributed by atoms with Gasteiger partial charge in [-0.2, -0.15) is 0 Å². The van der Waals surface area contributed by atoms with Crippen molar-refractivity contribution in [3.63, 3.8) is 0 Å². The van der Waals surface area contributed by atoms with Gasteiger partial charge in [0.25, 0.3) is 0 Å². The molecule has 0 spiro atoms. The highest BCUT2D eigenvalue weighted by Crippen LogP contribution is 2.40. The highest BCUT2D eigenvalue weighted by atomic mass is 35.5. The first-order chi connectivity index (χ1) is 13.0. The summed E-state index contributed by atoms with van der Waals surface area (Å²) in [6, 6.07) is 14.2. The van der Waals surface area contributed by atoms with Gasteiger partial charge >= 0.3 is 0 Å². The van der Waals surface area contributed by atoms with Crippen molar-refractivity contribution in [2.24, 2.45) is 0 Å². The van der Waals surface area contributed by atoms with Gasteiger partial charge in [-0.25, -0.2) is 0 Å². The van der Waals surface area contributed by atoms with Gasteiger partial charge in [-0.15, -0.1) is 0 Å². The van der Waals surface area contributed by atoms with Gasteiger partial charge in [0.2, 0.25) is 0 Å². The minimum absolute atomic E-state index is 0.160. The zero-order chi connectivity index (χ0) is 19.4.